The second kappa shape index (κ2) is 9.03. The summed E-state index contributed by atoms with van der Waals surface area (Å²) in [4.78, 5) is 25.9. The molecule has 1 amide bonds. The number of thiophene rings is 1. The zero-order valence-corrected chi connectivity index (χ0v) is 17.0. The highest BCUT2D eigenvalue weighted by Gasteiger charge is 2.25. The lowest BCUT2D eigenvalue weighted by Crippen LogP contribution is -2.23. The Kier molecular flexibility index (Phi) is 6.48. The fraction of sp³-hybridized carbons (Fsp3) is 0.409. The van der Waals surface area contributed by atoms with Crippen LogP contribution in [0, 0.1) is 17.2 Å². The van der Waals surface area contributed by atoms with Crippen molar-refractivity contribution in [2.45, 2.75) is 45.4 Å². The summed E-state index contributed by atoms with van der Waals surface area (Å²) in [6, 6.07) is 11.6. The monoisotopic (exact) mass is 396 g/mol. The third-order valence-electron chi connectivity index (χ3n) is 5.12. The van der Waals surface area contributed by atoms with Gasteiger partial charge in [-0.3, -0.25) is 9.59 Å². The first-order valence-electron chi connectivity index (χ1n) is 9.59. The Bertz CT molecular complexity index is 898. The molecule has 1 heterocycles. The molecule has 2 aromatic rings. The van der Waals surface area contributed by atoms with Gasteiger partial charge in [-0.2, -0.15) is 5.26 Å². The number of benzene rings is 1. The smallest absolute Gasteiger partial charge is 0.313 e. The highest BCUT2D eigenvalue weighted by Crippen LogP contribution is 2.39. The van der Waals surface area contributed by atoms with Gasteiger partial charge in [0.25, 0.3) is 5.91 Å². The first-order valence-corrected chi connectivity index (χ1v) is 10.4. The number of anilines is 1. The molecule has 2 atom stereocenters. The number of esters is 1. The second-order valence-electron chi connectivity index (χ2n) is 7.20. The average molecular weight is 397 g/mol. The zero-order chi connectivity index (χ0) is 20.1. The van der Waals surface area contributed by atoms with E-state index >= 15 is 0 Å². The molecule has 0 bridgehead atoms. The number of carbonyl (C=O) groups excluding carboxylic acids is 2. The van der Waals surface area contributed by atoms with Crippen molar-refractivity contribution in [1.29, 1.82) is 5.26 Å². The van der Waals surface area contributed by atoms with E-state index in [1.54, 1.807) is 0 Å². The van der Waals surface area contributed by atoms with Crippen LogP contribution in [0.4, 0.5) is 5.00 Å². The van der Waals surface area contributed by atoms with Gasteiger partial charge >= 0.3 is 5.97 Å². The minimum atomic E-state index is -0.417. The SMILES string of the molecule is CC[C@@H](C(=O)OCC(=O)Nc1sc2c(c1C#N)CC[C@@H](C)C2)c1ccccc1. The second-order valence-corrected chi connectivity index (χ2v) is 8.30. The normalized spacial score (nSPS) is 16.5. The molecule has 1 aromatic heterocycles. The molecule has 1 N–H and O–H groups in total. The number of nitrogens with zero attached hydrogens (tertiary/aromatic N) is 1. The van der Waals surface area contributed by atoms with Crippen molar-refractivity contribution in [1.82, 2.24) is 0 Å². The van der Waals surface area contributed by atoms with E-state index in [0.29, 0.717) is 22.9 Å². The summed E-state index contributed by atoms with van der Waals surface area (Å²) < 4.78 is 5.25. The third-order valence-corrected chi connectivity index (χ3v) is 6.29. The molecule has 0 fully saturated rings. The molecule has 1 aromatic carbocycles. The minimum absolute atomic E-state index is 0.355. The summed E-state index contributed by atoms with van der Waals surface area (Å²) in [6.45, 7) is 3.75. The highest BCUT2D eigenvalue weighted by molar-refractivity contribution is 7.16. The Balaban J connectivity index is 1.62. The van der Waals surface area contributed by atoms with Gasteiger partial charge < -0.3 is 10.1 Å². The number of rotatable bonds is 6. The summed E-state index contributed by atoms with van der Waals surface area (Å²) >= 11 is 1.47. The van der Waals surface area contributed by atoms with Crippen LogP contribution in [0.25, 0.3) is 0 Å². The Morgan fingerprint density at radius 2 is 2.11 bits per heavy atom. The summed E-state index contributed by atoms with van der Waals surface area (Å²) in [5, 5.41) is 12.8. The van der Waals surface area contributed by atoms with Crippen LogP contribution >= 0.6 is 11.3 Å². The van der Waals surface area contributed by atoms with Crippen molar-refractivity contribution in [3.8, 4) is 6.07 Å². The zero-order valence-electron chi connectivity index (χ0n) is 16.2. The molecule has 0 saturated carbocycles. The molecular weight excluding hydrogens is 372 g/mol. The summed E-state index contributed by atoms with van der Waals surface area (Å²) in [5.41, 5.74) is 2.50. The molecular formula is C22H24N2O3S. The lowest BCUT2D eigenvalue weighted by Gasteiger charge is -2.17. The van der Waals surface area contributed by atoms with Gasteiger partial charge in [0.15, 0.2) is 6.61 Å². The van der Waals surface area contributed by atoms with Crippen molar-refractivity contribution in [3.63, 3.8) is 0 Å². The number of hydrogen-bond acceptors (Lipinski definition) is 5. The van der Waals surface area contributed by atoms with Crippen LogP contribution in [-0.2, 0) is 27.2 Å². The van der Waals surface area contributed by atoms with E-state index in [0.717, 1.165) is 30.4 Å². The summed E-state index contributed by atoms with van der Waals surface area (Å²) in [7, 11) is 0. The lowest BCUT2D eigenvalue weighted by molar-refractivity contribution is -0.149. The maximum Gasteiger partial charge on any atom is 0.313 e. The molecule has 0 radical (unpaired) electrons. The Hall–Kier alpha value is -2.65. The predicted molar refractivity (Wildman–Crippen MR) is 109 cm³/mol. The number of hydrogen-bond donors (Lipinski definition) is 1. The van der Waals surface area contributed by atoms with Gasteiger partial charge in [0.2, 0.25) is 0 Å². The molecule has 0 aliphatic heterocycles. The molecule has 1 aliphatic rings. The minimum Gasteiger partial charge on any atom is -0.455 e. The van der Waals surface area contributed by atoms with Crippen LogP contribution in [0.1, 0.15) is 54.2 Å². The van der Waals surface area contributed by atoms with E-state index in [1.807, 2.05) is 37.3 Å². The summed E-state index contributed by atoms with van der Waals surface area (Å²) in [5.74, 6) is -0.631. The van der Waals surface area contributed by atoms with E-state index < -0.39 is 11.9 Å². The quantitative estimate of drug-likeness (QED) is 0.733. The number of nitriles is 1. The standard InChI is InChI=1S/C22H24N2O3S/c1-3-16(15-7-5-4-6-8-15)22(26)27-13-20(25)24-21-18(12-23)17-10-9-14(2)11-19(17)28-21/h4-8,14,16H,3,9-11,13H2,1-2H3,(H,24,25)/t14-,16-/m1/s1. The maximum atomic E-state index is 12.4. The van der Waals surface area contributed by atoms with Crippen LogP contribution in [0.3, 0.4) is 0 Å². The Morgan fingerprint density at radius 1 is 1.36 bits per heavy atom. The van der Waals surface area contributed by atoms with E-state index in [9.17, 15) is 14.9 Å². The summed E-state index contributed by atoms with van der Waals surface area (Å²) in [6.07, 6.45) is 3.46. The molecule has 0 unspecified atom stereocenters. The molecule has 28 heavy (non-hydrogen) atoms. The average Bonchev–Trinajstić information content (AvgIpc) is 3.03. The molecule has 0 spiro atoms. The van der Waals surface area contributed by atoms with Crippen LogP contribution in [-0.4, -0.2) is 18.5 Å². The van der Waals surface area contributed by atoms with E-state index in [1.165, 1.54) is 16.2 Å². The molecule has 6 heteroatoms. The maximum absolute atomic E-state index is 12.4. The lowest BCUT2D eigenvalue weighted by atomic mass is 9.89. The predicted octanol–water partition coefficient (Wildman–Crippen LogP) is 4.42. The van der Waals surface area contributed by atoms with Crippen molar-refractivity contribution >= 4 is 28.2 Å². The Labute approximate surface area is 169 Å². The van der Waals surface area contributed by atoms with Crippen LogP contribution in [0.5, 0.6) is 0 Å². The van der Waals surface area contributed by atoms with Gasteiger partial charge in [-0.25, -0.2) is 0 Å². The first kappa shape index (κ1) is 20.1. The fourth-order valence-corrected chi connectivity index (χ4v) is 4.96. The van der Waals surface area contributed by atoms with Gasteiger partial charge in [0.05, 0.1) is 11.5 Å². The number of carbonyl (C=O) groups is 2. The topological polar surface area (TPSA) is 79.2 Å². The number of ether oxygens (including phenoxy) is 1. The van der Waals surface area contributed by atoms with Gasteiger partial charge in [-0.15, -0.1) is 11.3 Å². The molecule has 5 nitrogen and oxygen atoms in total. The van der Waals surface area contributed by atoms with Crippen molar-refractivity contribution in [3.05, 3.63) is 51.9 Å². The highest BCUT2D eigenvalue weighted by atomic mass is 32.1. The number of amides is 1. The number of nitrogens with one attached hydrogen (secondary N) is 1. The van der Waals surface area contributed by atoms with E-state index in [2.05, 4.69) is 18.3 Å². The van der Waals surface area contributed by atoms with E-state index in [-0.39, 0.29) is 12.5 Å². The molecule has 1 aliphatic carbocycles. The van der Waals surface area contributed by atoms with Crippen molar-refractivity contribution in [2.75, 3.05) is 11.9 Å². The van der Waals surface area contributed by atoms with Crippen LogP contribution < -0.4 is 5.32 Å². The molecule has 0 saturated heterocycles. The van der Waals surface area contributed by atoms with Crippen molar-refractivity contribution in [2.24, 2.45) is 5.92 Å². The third kappa shape index (κ3) is 4.42. The van der Waals surface area contributed by atoms with Gasteiger partial charge in [-0.05, 0) is 42.7 Å². The van der Waals surface area contributed by atoms with Crippen molar-refractivity contribution < 1.29 is 14.3 Å². The first-order chi connectivity index (χ1) is 13.5. The van der Waals surface area contributed by atoms with Gasteiger partial charge in [0, 0.05) is 4.88 Å². The fourth-order valence-electron chi connectivity index (χ4n) is 3.58. The van der Waals surface area contributed by atoms with Crippen LogP contribution in [0.15, 0.2) is 30.3 Å². The number of fused-ring (bicyclic) bond motifs is 1. The Morgan fingerprint density at radius 3 is 2.79 bits per heavy atom. The van der Waals surface area contributed by atoms with Gasteiger partial charge in [0.1, 0.15) is 11.1 Å². The largest absolute Gasteiger partial charge is 0.455 e. The van der Waals surface area contributed by atoms with E-state index in [4.69, 9.17) is 4.74 Å². The molecule has 3 rings (SSSR count). The van der Waals surface area contributed by atoms with Gasteiger partial charge in [-0.1, -0.05) is 44.2 Å². The molecule has 146 valence electrons. The van der Waals surface area contributed by atoms with Crippen LogP contribution in [0.2, 0.25) is 0 Å².